The highest BCUT2D eigenvalue weighted by molar-refractivity contribution is 7.91. The van der Waals surface area contributed by atoms with Gasteiger partial charge < -0.3 is 9.73 Å². The first-order chi connectivity index (χ1) is 10.8. The van der Waals surface area contributed by atoms with E-state index in [9.17, 15) is 13.2 Å². The molecule has 1 heterocycles. The van der Waals surface area contributed by atoms with Gasteiger partial charge in [-0.3, -0.25) is 4.79 Å². The fourth-order valence-electron chi connectivity index (χ4n) is 2.28. The van der Waals surface area contributed by atoms with Crippen LogP contribution in [-0.4, -0.2) is 20.9 Å². The van der Waals surface area contributed by atoms with Gasteiger partial charge in [0.2, 0.25) is 5.91 Å². The number of hydrogen-bond donors (Lipinski definition) is 1. The Morgan fingerprint density at radius 3 is 2.30 bits per heavy atom. The van der Waals surface area contributed by atoms with Gasteiger partial charge in [0.05, 0.1) is 11.2 Å². The van der Waals surface area contributed by atoms with Crippen LogP contribution in [0.4, 0.5) is 0 Å². The minimum atomic E-state index is -3.67. The van der Waals surface area contributed by atoms with Crippen molar-refractivity contribution in [3.05, 3.63) is 54.0 Å². The minimum absolute atomic E-state index is 0.0306. The SMILES string of the molecule is CC(=O)NC[C@H](c1ccco1)S(=O)(=O)c1ccc(C(C)C)cc1. The second kappa shape index (κ2) is 7.00. The number of sulfone groups is 1. The molecule has 1 aromatic carbocycles. The van der Waals surface area contributed by atoms with Gasteiger partial charge in [-0.25, -0.2) is 8.42 Å². The lowest BCUT2D eigenvalue weighted by Crippen LogP contribution is -2.30. The van der Waals surface area contributed by atoms with Crippen molar-refractivity contribution in [3.8, 4) is 0 Å². The Morgan fingerprint density at radius 1 is 1.17 bits per heavy atom. The first-order valence-electron chi connectivity index (χ1n) is 7.44. The third-order valence-corrected chi connectivity index (χ3v) is 5.72. The van der Waals surface area contributed by atoms with Crippen LogP contribution in [-0.2, 0) is 14.6 Å². The van der Waals surface area contributed by atoms with E-state index in [-0.39, 0.29) is 17.3 Å². The number of hydrogen-bond acceptors (Lipinski definition) is 4. The van der Waals surface area contributed by atoms with E-state index in [0.717, 1.165) is 5.56 Å². The topological polar surface area (TPSA) is 76.4 Å². The standard InChI is InChI=1S/C17H21NO4S/c1-12(2)14-6-8-15(9-7-14)23(20,21)17(11-18-13(3)19)16-5-4-10-22-16/h4-10,12,17H,11H2,1-3H3,(H,18,19)/t17-/m1/s1. The molecule has 23 heavy (non-hydrogen) atoms. The molecular weight excluding hydrogens is 314 g/mol. The molecule has 6 heteroatoms. The van der Waals surface area contributed by atoms with E-state index in [0.29, 0.717) is 11.7 Å². The summed E-state index contributed by atoms with van der Waals surface area (Å²) in [5, 5.41) is 1.61. The third-order valence-electron chi connectivity index (χ3n) is 3.65. The van der Waals surface area contributed by atoms with Crippen LogP contribution in [0.15, 0.2) is 52.0 Å². The van der Waals surface area contributed by atoms with Crippen LogP contribution >= 0.6 is 0 Å². The maximum Gasteiger partial charge on any atom is 0.216 e. The second-order valence-electron chi connectivity index (χ2n) is 5.71. The molecule has 1 amide bonds. The summed E-state index contributed by atoms with van der Waals surface area (Å²) in [4.78, 5) is 11.4. The number of furan rings is 1. The lowest BCUT2D eigenvalue weighted by molar-refractivity contribution is -0.118. The summed E-state index contributed by atoms with van der Waals surface area (Å²) >= 11 is 0. The summed E-state index contributed by atoms with van der Waals surface area (Å²) in [7, 11) is -3.67. The molecule has 5 nitrogen and oxygen atoms in total. The van der Waals surface area contributed by atoms with E-state index in [4.69, 9.17) is 4.42 Å². The van der Waals surface area contributed by atoms with Crippen molar-refractivity contribution >= 4 is 15.7 Å². The molecule has 0 aliphatic carbocycles. The highest BCUT2D eigenvalue weighted by Gasteiger charge is 2.31. The normalized spacial score (nSPS) is 13.0. The summed E-state index contributed by atoms with van der Waals surface area (Å²) in [6, 6.07) is 10.1. The van der Waals surface area contributed by atoms with Gasteiger partial charge in [-0.1, -0.05) is 26.0 Å². The van der Waals surface area contributed by atoms with Gasteiger partial charge in [-0.2, -0.15) is 0 Å². The number of carbonyl (C=O) groups excluding carboxylic acids is 1. The molecule has 2 rings (SSSR count). The lowest BCUT2D eigenvalue weighted by Gasteiger charge is -2.16. The van der Waals surface area contributed by atoms with Crippen LogP contribution in [0.25, 0.3) is 0 Å². The molecule has 0 aliphatic heterocycles. The van der Waals surface area contributed by atoms with E-state index in [2.05, 4.69) is 5.32 Å². The Kier molecular flexibility index (Phi) is 5.26. The molecule has 0 spiro atoms. The number of benzene rings is 1. The molecule has 0 fully saturated rings. The maximum absolute atomic E-state index is 12.9. The van der Waals surface area contributed by atoms with Crippen molar-refractivity contribution in [2.75, 3.05) is 6.54 Å². The second-order valence-corrected chi connectivity index (χ2v) is 7.84. The summed E-state index contributed by atoms with van der Waals surface area (Å²) in [5.74, 6) is 0.352. The van der Waals surface area contributed by atoms with Gasteiger partial charge in [-0.05, 0) is 35.7 Å². The average molecular weight is 335 g/mol. The smallest absolute Gasteiger partial charge is 0.216 e. The van der Waals surface area contributed by atoms with E-state index >= 15 is 0 Å². The minimum Gasteiger partial charge on any atom is -0.468 e. The molecule has 2 aromatic rings. The van der Waals surface area contributed by atoms with Gasteiger partial charge in [-0.15, -0.1) is 0 Å². The Labute approximate surface area is 136 Å². The third kappa shape index (κ3) is 4.01. The Hall–Kier alpha value is -2.08. The summed E-state index contributed by atoms with van der Waals surface area (Å²) in [6.07, 6.45) is 1.42. The first-order valence-corrected chi connectivity index (χ1v) is 8.98. The largest absolute Gasteiger partial charge is 0.468 e. The predicted molar refractivity (Wildman–Crippen MR) is 87.8 cm³/mol. The van der Waals surface area contributed by atoms with E-state index in [1.165, 1.54) is 13.2 Å². The van der Waals surface area contributed by atoms with E-state index in [1.807, 2.05) is 26.0 Å². The van der Waals surface area contributed by atoms with Crippen LogP contribution in [0, 0.1) is 0 Å². The fourth-order valence-corrected chi connectivity index (χ4v) is 3.87. The monoisotopic (exact) mass is 335 g/mol. The zero-order chi connectivity index (χ0) is 17.0. The van der Waals surface area contributed by atoms with Crippen LogP contribution < -0.4 is 5.32 Å². The van der Waals surface area contributed by atoms with E-state index in [1.54, 1.807) is 24.3 Å². The fraction of sp³-hybridized carbons (Fsp3) is 0.353. The molecule has 0 saturated carbocycles. The molecule has 1 N–H and O–H groups in total. The molecule has 0 unspecified atom stereocenters. The maximum atomic E-state index is 12.9. The Balaban J connectivity index is 2.37. The zero-order valence-electron chi connectivity index (χ0n) is 13.4. The van der Waals surface area contributed by atoms with Gasteiger partial charge in [0.1, 0.15) is 11.0 Å². The average Bonchev–Trinajstić information content (AvgIpc) is 3.01. The Bertz CT molecular complexity index is 746. The lowest BCUT2D eigenvalue weighted by atomic mass is 10.0. The van der Waals surface area contributed by atoms with Crippen molar-refractivity contribution in [3.63, 3.8) is 0 Å². The van der Waals surface area contributed by atoms with Crippen LogP contribution in [0.1, 0.15) is 43.3 Å². The zero-order valence-corrected chi connectivity index (χ0v) is 14.3. The number of rotatable bonds is 6. The van der Waals surface area contributed by atoms with Crippen molar-refractivity contribution in [1.82, 2.24) is 5.32 Å². The molecule has 0 saturated heterocycles. The highest BCUT2D eigenvalue weighted by atomic mass is 32.2. The van der Waals surface area contributed by atoms with Gasteiger partial charge in [0.15, 0.2) is 9.84 Å². The quantitative estimate of drug-likeness (QED) is 0.880. The number of amides is 1. The van der Waals surface area contributed by atoms with Crippen molar-refractivity contribution in [2.45, 2.75) is 36.8 Å². The molecule has 0 bridgehead atoms. The summed E-state index contributed by atoms with van der Waals surface area (Å²) in [6.45, 7) is 5.41. The van der Waals surface area contributed by atoms with Gasteiger partial charge in [0.25, 0.3) is 0 Å². The van der Waals surface area contributed by atoms with Crippen LogP contribution in [0.2, 0.25) is 0 Å². The van der Waals surface area contributed by atoms with Crippen molar-refractivity contribution in [2.24, 2.45) is 0 Å². The molecule has 1 atom stereocenters. The Morgan fingerprint density at radius 2 is 1.83 bits per heavy atom. The molecular formula is C17H21NO4S. The molecule has 0 radical (unpaired) electrons. The van der Waals surface area contributed by atoms with Crippen LogP contribution in [0.3, 0.4) is 0 Å². The highest BCUT2D eigenvalue weighted by Crippen LogP contribution is 2.29. The first kappa shape index (κ1) is 17.3. The summed E-state index contributed by atoms with van der Waals surface area (Å²) in [5.41, 5.74) is 1.07. The van der Waals surface area contributed by atoms with Crippen molar-refractivity contribution < 1.29 is 17.6 Å². The number of nitrogens with one attached hydrogen (secondary N) is 1. The molecule has 0 aliphatic rings. The molecule has 124 valence electrons. The van der Waals surface area contributed by atoms with Gasteiger partial charge >= 0.3 is 0 Å². The van der Waals surface area contributed by atoms with E-state index < -0.39 is 15.1 Å². The summed E-state index contributed by atoms with van der Waals surface area (Å²) < 4.78 is 31.1. The number of carbonyl (C=O) groups is 1. The van der Waals surface area contributed by atoms with Crippen molar-refractivity contribution in [1.29, 1.82) is 0 Å². The predicted octanol–water partition coefficient (Wildman–Crippen LogP) is 3.05. The molecule has 1 aromatic heterocycles. The van der Waals surface area contributed by atoms with Gasteiger partial charge in [0, 0.05) is 13.5 Å². The van der Waals surface area contributed by atoms with Crippen LogP contribution in [0.5, 0.6) is 0 Å².